The summed E-state index contributed by atoms with van der Waals surface area (Å²) in [5, 5.41) is 8.23. The van der Waals surface area contributed by atoms with Crippen LogP contribution in [0, 0.1) is 0 Å². The number of alkyl halides is 1. The molecule has 0 aliphatic carbocycles. The quantitative estimate of drug-likeness (QED) is 0.553. The molecule has 0 radical (unpaired) electrons. The SMILES string of the molecule is COC(OC)C(F)CO. The molecule has 3 nitrogen and oxygen atoms in total. The van der Waals surface area contributed by atoms with Crippen molar-refractivity contribution < 1.29 is 19.0 Å². The number of rotatable bonds is 4. The maximum absolute atomic E-state index is 12.3. The molecular weight excluding hydrogens is 127 g/mol. The van der Waals surface area contributed by atoms with Gasteiger partial charge in [0.1, 0.15) is 0 Å². The van der Waals surface area contributed by atoms with E-state index in [4.69, 9.17) is 5.11 Å². The zero-order valence-electron chi connectivity index (χ0n) is 5.50. The van der Waals surface area contributed by atoms with Gasteiger partial charge < -0.3 is 14.6 Å². The number of ether oxygens (including phenoxy) is 2. The van der Waals surface area contributed by atoms with Crippen LogP contribution in [0.3, 0.4) is 0 Å². The largest absolute Gasteiger partial charge is 0.393 e. The van der Waals surface area contributed by atoms with Crippen LogP contribution in [-0.2, 0) is 9.47 Å². The van der Waals surface area contributed by atoms with Gasteiger partial charge in [-0.2, -0.15) is 0 Å². The van der Waals surface area contributed by atoms with Crippen molar-refractivity contribution in [1.82, 2.24) is 0 Å². The summed E-state index contributed by atoms with van der Waals surface area (Å²) in [6, 6.07) is 0. The summed E-state index contributed by atoms with van der Waals surface area (Å²) >= 11 is 0. The monoisotopic (exact) mass is 138 g/mol. The minimum atomic E-state index is -1.46. The zero-order valence-corrected chi connectivity index (χ0v) is 5.50. The lowest BCUT2D eigenvalue weighted by Gasteiger charge is -2.15. The fraction of sp³-hybridized carbons (Fsp3) is 1.00. The van der Waals surface area contributed by atoms with Gasteiger partial charge in [-0.05, 0) is 0 Å². The smallest absolute Gasteiger partial charge is 0.190 e. The van der Waals surface area contributed by atoms with Gasteiger partial charge >= 0.3 is 0 Å². The maximum atomic E-state index is 12.3. The molecule has 0 aromatic heterocycles. The third-order valence-electron chi connectivity index (χ3n) is 0.934. The van der Waals surface area contributed by atoms with Crippen LogP contribution in [-0.4, -0.2) is 38.4 Å². The maximum Gasteiger partial charge on any atom is 0.190 e. The van der Waals surface area contributed by atoms with E-state index in [1.807, 2.05) is 0 Å². The van der Waals surface area contributed by atoms with Crippen molar-refractivity contribution in [2.75, 3.05) is 20.8 Å². The van der Waals surface area contributed by atoms with Gasteiger partial charge in [-0.15, -0.1) is 0 Å². The lowest BCUT2D eigenvalue weighted by Crippen LogP contribution is -2.28. The lowest BCUT2D eigenvalue weighted by molar-refractivity contribution is -0.151. The van der Waals surface area contributed by atoms with Gasteiger partial charge in [0.15, 0.2) is 12.5 Å². The predicted octanol–water partition coefficient (Wildman–Crippen LogP) is -0.0643. The number of methoxy groups -OCH3 is 2. The summed E-state index contributed by atoms with van der Waals surface area (Å²) in [6.07, 6.45) is -2.41. The molecule has 0 saturated carbocycles. The highest BCUT2D eigenvalue weighted by Crippen LogP contribution is 2.01. The first-order chi connectivity index (χ1) is 4.26. The van der Waals surface area contributed by atoms with E-state index < -0.39 is 19.1 Å². The number of hydrogen-bond acceptors (Lipinski definition) is 3. The first-order valence-electron chi connectivity index (χ1n) is 2.56. The minimum absolute atomic E-state index is 0.577. The molecular formula is C5H11FO3. The Morgan fingerprint density at radius 3 is 2.00 bits per heavy atom. The highest BCUT2D eigenvalue weighted by atomic mass is 19.1. The van der Waals surface area contributed by atoms with Gasteiger partial charge in [-0.25, -0.2) is 4.39 Å². The first kappa shape index (κ1) is 8.81. The molecule has 0 heterocycles. The molecule has 1 N–H and O–H groups in total. The Labute approximate surface area is 53.4 Å². The third kappa shape index (κ3) is 2.74. The van der Waals surface area contributed by atoms with E-state index in [0.29, 0.717) is 0 Å². The van der Waals surface area contributed by atoms with Gasteiger partial charge in [0.25, 0.3) is 0 Å². The average Bonchev–Trinajstić information content (AvgIpc) is 1.90. The molecule has 0 aromatic rings. The predicted molar refractivity (Wildman–Crippen MR) is 29.8 cm³/mol. The van der Waals surface area contributed by atoms with Crippen LogP contribution in [0.5, 0.6) is 0 Å². The fourth-order valence-corrected chi connectivity index (χ4v) is 0.478. The number of aliphatic hydroxyl groups is 1. The van der Waals surface area contributed by atoms with Crippen LogP contribution < -0.4 is 0 Å². The zero-order chi connectivity index (χ0) is 7.28. The molecule has 0 aromatic carbocycles. The molecule has 1 atom stereocenters. The molecule has 0 spiro atoms. The molecule has 0 aliphatic rings. The highest BCUT2D eigenvalue weighted by Gasteiger charge is 2.17. The van der Waals surface area contributed by atoms with E-state index in [9.17, 15) is 4.39 Å². The van der Waals surface area contributed by atoms with E-state index in [2.05, 4.69) is 9.47 Å². The highest BCUT2D eigenvalue weighted by molar-refractivity contribution is 4.56. The Balaban J connectivity index is 3.50. The second-order valence-electron chi connectivity index (χ2n) is 1.54. The van der Waals surface area contributed by atoms with Crippen LogP contribution >= 0.6 is 0 Å². The molecule has 0 amide bonds. The van der Waals surface area contributed by atoms with Crippen molar-refractivity contribution in [3.63, 3.8) is 0 Å². The van der Waals surface area contributed by atoms with Gasteiger partial charge in [0, 0.05) is 14.2 Å². The first-order valence-corrected chi connectivity index (χ1v) is 2.56. The number of halogens is 1. The van der Waals surface area contributed by atoms with Crippen molar-refractivity contribution >= 4 is 0 Å². The summed E-state index contributed by atoms with van der Waals surface area (Å²) in [7, 11) is 2.63. The Kier molecular flexibility index (Phi) is 4.57. The van der Waals surface area contributed by atoms with Crippen molar-refractivity contribution in [2.45, 2.75) is 12.5 Å². The second-order valence-corrected chi connectivity index (χ2v) is 1.54. The average molecular weight is 138 g/mol. The Morgan fingerprint density at radius 2 is 1.89 bits per heavy atom. The standard InChI is InChI=1S/C5H11FO3/c1-8-5(9-2)4(6)3-7/h4-5,7H,3H2,1-2H3. The Hall–Kier alpha value is -0.190. The van der Waals surface area contributed by atoms with Gasteiger partial charge in [0.05, 0.1) is 6.61 Å². The van der Waals surface area contributed by atoms with Crippen LogP contribution in [0.25, 0.3) is 0 Å². The van der Waals surface area contributed by atoms with Crippen LogP contribution in [0.4, 0.5) is 4.39 Å². The molecule has 4 heteroatoms. The summed E-state index contributed by atoms with van der Waals surface area (Å²) in [4.78, 5) is 0. The van der Waals surface area contributed by atoms with Gasteiger partial charge in [-0.1, -0.05) is 0 Å². The van der Waals surface area contributed by atoms with Crippen molar-refractivity contribution in [3.8, 4) is 0 Å². The molecule has 56 valence electrons. The Bertz CT molecular complexity index is 65.2. The number of aliphatic hydroxyl groups excluding tert-OH is 1. The normalized spacial score (nSPS) is 14.3. The summed E-state index contributed by atoms with van der Waals surface area (Å²) < 4.78 is 21.3. The third-order valence-corrected chi connectivity index (χ3v) is 0.934. The summed E-state index contributed by atoms with van der Waals surface area (Å²) in [6.45, 7) is -0.577. The van der Waals surface area contributed by atoms with E-state index in [0.717, 1.165) is 0 Å². The molecule has 0 fully saturated rings. The molecule has 9 heavy (non-hydrogen) atoms. The molecule has 0 saturated heterocycles. The molecule has 0 aliphatic heterocycles. The molecule has 1 unspecified atom stereocenters. The van der Waals surface area contributed by atoms with Gasteiger partial charge in [-0.3, -0.25) is 0 Å². The van der Waals surface area contributed by atoms with E-state index in [1.165, 1.54) is 14.2 Å². The van der Waals surface area contributed by atoms with Crippen LogP contribution in [0.2, 0.25) is 0 Å². The van der Waals surface area contributed by atoms with Crippen molar-refractivity contribution in [3.05, 3.63) is 0 Å². The van der Waals surface area contributed by atoms with E-state index >= 15 is 0 Å². The molecule has 0 bridgehead atoms. The fourth-order valence-electron chi connectivity index (χ4n) is 0.478. The van der Waals surface area contributed by atoms with Crippen LogP contribution in [0.1, 0.15) is 0 Å². The van der Waals surface area contributed by atoms with Crippen molar-refractivity contribution in [1.29, 1.82) is 0 Å². The number of hydrogen-bond donors (Lipinski definition) is 1. The van der Waals surface area contributed by atoms with Crippen molar-refractivity contribution in [2.24, 2.45) is 0 Å². The Morgan fingerprint density at radius 1 is 1.44 bits per heavy atom. The van der Waals surface area contributed by atoms with Gasteiger partial charge in [0.2, 0.25) is 0 Å². The van der Waals surface area contributed by atoms with E-state index in [-0.39, 0.29) is 0 Å². The second kappa shape index (κ2) is 4.67. The molecule has 0 rings (SSSR count). The van der Waals surface area contributed by atoms with Crippen LogP contribution in [0.15, 0.2) is 0 Å². The lowest BCUT2D eigenvalue weighted by atomic mass is 10.4. The van der Waals surface area contributed by atoms with E-state index in [1.54, 1.807) is 0 Å². The summed E-state index contributed by atoms with van der Waals surface area (Å²) in [5.41, 5.74) is 0. The topological polar surface area (TPSA) is 38.7 Å². The summed E-state index contributed by atoms with van der Waals surface area (Å²) in [5.74, 6) is 0. The minimum Gasteiger partial charge on any atom is -0.393 e.